The maximum absolute atomic E-state index is 12.2. The number of hydrogen-bond acceptors (Lipinski definition) is 3. The van der Waals surface area contributed by atoms with Crippen LogP contribution in [0.1, 0.15) is 16.0 Å². The molecule has 25 heavy (non-hydrogen) atoms. The van der Waals surface area contributed by atoms with Gasteiger partial charge in [-0.25, -0.2) is 9.48 Å². The molecule has 6 heteroatoms. The van der Waals surface area contributed by atoms with Gasteiger partial charge in [-0.2, -0.15) is 5.10 Å². The summed E-state index contributed by atoms with van der Waals surface area (Å²) >= 11 is 1.69. The lowest BCUT2D eigenvalue weighted by Crippen LogP contribution is -2.37. The fourth-order valence-corrected chi connectivity index (χ4v) is 3.50. The lowest BCUT2D eigenvalue weighted by atomic mass is 10.1. The SMILES string of the molecule is Cc1ccsc1CN(C)C(=O)NCCc1ccc(-n2cccn2)cc1. The molecule has 1 aromatic carbocycles. The lowest BCUT2D eigenvalue weighted by molar-refractivity contribution is 0.207. The zero-order valence-corrected chi connectivity index (χ0v) is 15.3. The van der Waals surface area contributed by atoms with Crippen molar-refractivity contribution in [3.05, 3.63) is 70.2 Å². The average molecular weight is 354 g/mol. The molecule has 0 radical (unpaired) electrons. The van der Waals surface area contributed by atoms with Crippen LogP contribution in [0.5, 0.6) is 0 Å². The summed E-state index contributed by atoms with van der Waals surface area (Å²) in [7, 11) is 1.83. The van der Waals surface area contributed by atoms with Gasteiger partial charge in [0.2, 0.25) is 0 Å². The quantitative estimate of drug-likeness (QED) is 0.735. The fraction of sp³-hybridized carbons (Fsp3) is 0.263. The minimum Gasteiger partial charge on any atom is -0.338 e. The number of nitrogens with one attached hydrogen (secondary N) is 1. The minimum atomic E-state index is -0.0408. The number of aromatic nitrogens is 2. The first-order valence-electron chi connectivity index (χ1n) is 8.24. The molecule has 1 N–H and O–H groups in total. The zero-order chi connectivity index (χ0) is 17.6. The largest absolute Gasteiger partial charge is 0.338 e. The van der Waals surface area contributed by atoms with Gasteiger partial charge in [0.15, 0.2) is 0 Å². The monoisotopic (exact) mass is 354 g/mol. The number of carbonyl (C=O) groups is 1. The Kier molecular flexibility index (Phi) is 5.50. The topological polar surface area (TPSA) is 50.2 Å². The number of benzene rings is 1. The smallest absolute Gasteiger partial charge is 0.317 e. The van der Waals surface area contributed by atoms with Gasteiger partial charge in [0, 0.05) is 30.9 Å². The van der Waals surface area contributed by atoms with E-state index in [0.717, 1.165) is 12.1 Å². The third kappa shape index (κ3) is 4.48. The Morgan fingerprint density at radius 3 is 2.72 bits per heavy atom. The van der Waals surface area contributed by atoms with Crippen LogP contribution in [-0.4, -0.2) is 34.3 Å². The average Bonchev–Trinajstić information content (AvgIpc) is 3.28. The van der Waals surface area contributed by atoms with E-state index in [-0.39, 0.29) is 6.03 Å². The van der Waals surface area contributed by atoms with Crippen LogP contribution in [0.25, 0.3) is 5.69 Å². The Morgan fingerprint density at radius 2 is 2.08 bits per heavy atom. The van der Waals surface area contributed by atoms with Crippen LogP contribution in [0, 0.1) is 6.92 Å². The van der Waals surface area contributed by atoms with Crippen LogP contribution in [0.3, 0.4) is 0 Å². The number of thiophene rings is 1. The van der Waals surface area contributed by atoms with Gasteiger partial charge in [0.1, 0.15) is 0 Å². The van der Waals surface area contributed by atoms with E-state index in [2.05, 4.69) is 40.9 Å². The zero-order valence-electron chi connectivity index (χ0n) is 14.5. The van der Waals surface area contributed by atoms with Crippen molar-refractivity contribution < 1.29 is 4.79 Å². The van der Waals surface area contributed by atoms with E-state index in [0.29, 0.717) is 13.1 Å². The summed E-state index contributed by atoms with van der Waals surface area (Å²) in [5.74, 6) is 0. The summed E-state index contributed by atoms with van der Waals surface area (Å²) in [5, 5.41) is 9.25. The van der Waals surface area contributed by atoms with Gasteiger partial charge in [-0.15, -0.1) is 11.3 Å². The molecule has 0 aliphatic carbocycles. The number of nitrogens with zero attached hydrogens (tertiary/aromatic N) is 3. The van der Waals surface area contributed by atoms with E-state index in [1.54, 1.807) is 22.4 Å². The van der Waals surface area contributed by atoms with Crippen molar-refractivity contribution in [1.29, 1.82) is 0 Å². The number of carbonyl (C=O) groups excluding carboxylic acids is 1. The van der Waals surface area contributed by atoms with Crippen molar-refractivity contribution in [3.63, 3.8) is 0 Å². The maximum Gasteiger partial charge on any atom is 0.317 e. The van der Waals surface area contributed by atoms with Crippen LogP contribution < -0.4 is 5.32 Å². The van der Waals surface area contributed by atoms with Crippen LogP contribution >= 0.6 is 11.3 Å². The lowest BCUT2D eigenvalue weighted by Gasteiger charge is -2.17. The molecule has 0 spiro atoms. The molecule has 2 heterocycles. The summed E-state index contributed by atoms with van der Waals surface area (Å²) in [5.41, 5.74) is 3.46. The van der Waals surface area contributed by atoms with Gasteiger partial charge in [-0.3, -0.25) is 0 Å². The van der Waals surface area contributed by atoms with Crippen molar-refractivity contribution in [2.75, 3.05) is 13.6 Å². The molecule has 0 bridgehead atoms. The van der Waals surface area contributed by atoms with E-state index in [9.17, 15) is 4.79 Å². The highest BCUT2D eigenvalue weighted by Crippen LogP contribution is 2.17. The molecule has 130 valence electrons. The molecule has 5 nitrogen and oxygen atoms in total. The third-order valence-corrected chi connectivity index (χ3v) is 5.10. The Bertz CT molecular complexity index is 808. The van der Waals surface area contributed by atoms with Gasteiger partial charge >= 0.3 is 6.03 Å². The summed E-state index contributed by atoms with van der Waals surface area (Å²) in [4.78, 5) is 15.1. The van der Waals surface area contributed by atoms with Crippen molar-refractivity contribution in [1.82, 2.24) is 20.0 Å². The first kappa shape index (κ1) is 17.2. The van der Waals surface area contributed by atoms with E-state index in [1.807, 2.05) is 36.1 Å². The van der Waals surface area contributed by atoms with Gasteiger partial charge in [0.05, 0.1) is 12.2 Å². The number of aryl methyl sites for hydroxylation is 1. The molecular weight excluding hydrogens is 332 g/mol. The molecule has 0 saturated carbocycles. The summed E-state index contributed by atoms with van der Waals surface area (Å²) in [6.45, 7) is 3.34. The molecule has 0 aliphatic rings. The number of amides is 2. The Hall–Kier alpha value is -2.60. The highest BCUT2D eigenvalue weighted by Gasteiger charge is 2.10. The van der Waals surface area contributed by atoms with E-state index >= 15 is 0 Å². The van der Waals surface area contributed by atoms with Crippen LogP contribution in [0.2, 0.25) is 0 Å². The molecule has 0 aliphatic heterocycles. The summed E-state index contributed by atoms with van der Waals surface area (Å²) < 4.78 is 1.83. The molecule has 0 unspecified atom stereocenters. The summed E-state index contributed by atoms with van der Waals surface area (Å²) in [6, 6.07) is 12.2. The molecule has 0 atom stereocenters. The fourth-order valence-electron chi connectivity index (χ4n) is 2.54. The normalized spacial score (nSPS) is 10.6. The summed E-state index contributed by atoms with van der Waals surface area (Å²) in [6.07, 6.45) is 4.48. The Labute approximate surface area is 151 Å². The highest BCUT2D eigenvalue weighted by molar-refractivity contribution is 7.10. The standard InChI is InChI=1S/C19H22N4OS/c1-15-9-13-25-18(15)14-22(2)19(24)20-11-8-16-4-6-17(7-5-16)23-12-3-10-21-23/h3-7,9-10,12-13H,8,11,14H2,1-2H3,(H,20,24). The highest BCUT2D eigenvalue weighted by atomic mass is 32.1. The Morgan fingerprint density at radius 1 is 1.28 bits per heavy atom. The van der Waals surface area contributed by atoms with Gasteiger partial charge in [-0.1, -0.05) is 12.1 Å². The second kappa shape index (κ2) is 7.98. The van der Waals surface area contributed by atoms with Crippen molar-refractivity contribution in [3.8, 4) is 5.69 Å². The molecule has 2 aromatic heterocycles. The molecule has 2 amide bonds. The predicted octanol–water partition coefficient (Wildman–Crippen LogP) is 3.63. The van der Waals surface area contributed by atoms with Crippen LogP contribution in [-0.2, 0) is 13.0 Å². The van der Waals surface area contributed by atoms with Crippen molar-refractivity contribution in [2.45, 2.75) is 19.9 Å². The van der Waals surface area contributed by atoms with E-state index in [4.69, 9.17) is 0 Å². The second-order valence-electron chi connectivity index (χ2n) is 5.98. The third-order valence-electron chi connectivity index (χ3n) is 4.09. The van der Waals surface area contributed by atoms with E-state index in [1.165, 1.54) is 16.0 Å². The second-order valence-corrected chi connectivity index (χ2v) is 6.98. The van der Waals surface area contributed by atoms with Crippen molar-refractivity contribution >= 4 is 17.4 Å². The molecule has 0 saturated heterocycles. The maximum atomic E-state index is 12.2. The first-order chi connectivity index (χ1) is 12.1. The molecular formula is C19H22N4OS. The molecule has 3 aromatic rings. The minimum absolute atomic E-state index is 0.0408. The van der Waals surface area contributed by atoms with Gasteiger partial charge < -0.3 is 10.2 Å². The first-order valence-corrected chi connectivity index (χ1v) is 9.12. The van der Waals surface area contributed by atoms with Crippen LogP contribution in [0.4, 0.5) is 4.79 Å². The number of hydrogen-bond donors (Lipinski definition) is 1. The van der Waals surface area contributed by atoms with Gasteiger partial charge in [-0.05, 0) is 54.1 Å². The Balaban J connectivity index is 1.46. The molecule has 0 fully saturated rings. The van der Waals surface area contributed by atoms with Crippen molar-refractivity contribution in [2.24, 2.45) is 0 Å². The number of urea groups is 1. The van der Waals surface area contributed by atoms with Gasteiger partial charge in [0.25, 0.3) is 0 Å². The predicted molar refractivity (Wildman–Crippen MR) is 101 cm³/mol. The van der Waals surface area contributed by atoms with Crippen LogP contribution in [0.15, 0.2) is 54.2 Å². The number of rotatable bonds is 6. The van der Waals surface area contributed by atoms with E-state index < -0.39 is 0 Å². The molecule has 3 rings (SSSR count).